The lowest BCUT2D eigenvalue weighted by atomic mass is 9.77. The first-order chi connectivity index (χ1) is 6.22. The van der Waals surface area contributed by atoms with Crippen molar-refractivity contribution in [2.75, 3.05) is 13.7 Å². The van der Waals surface area contributed by atoms with Crippen LogP contribution in [-0.2, 0) is 9.53 Å². The third-order valence-corrected chi connectivity index (χ3v) is 2.75. The second-order valence-electron chi connectivity index (χ2n) is 3.77. The summed E-state index contributed by atoms with van der Waals surface area (Å²) in [6, 6.07) is 0. The van der Waals surface area contributed by atoms with E-state index in [1.807, 2.05) is 0 Å². The van der Waals surface area contributed by atoms with Crippen LogP contribution in [0.2, 0.25) is 0 Å². The van der Waals surface area contributed by atoms with Crippen LogP contribution in [0.4, 0.5) is 0 Å². The van der Waals surface area contributed by atoms with E-state index < -0.39 is 0 Å². The normalized spacial score (nSPS) is 19.2. The molecule has 1 amide bonds. The van der Waals surface area contributed by atoms with E-state index >= 15 is 0 Å². The Labute approximate surface area is 79.8 Å². The van der Waals surface area contributed by atoms with Crippen LogP contribution in [-0.4, -0.2) is 25.2 Å². The summed E-state index contributed by atoms with van der Waals surface area (Å²) >= 11 is 0. The average Bonchev–Trinajstić information content (AvgIpc) is 2.08. The Balaban J connectivity index is 2.25. The molecule has 0 unspecified atom stereocenters. The minimum absolute atomic E-state index is 0.127. The van der Waals surface area contributed by atoms with Crippen molar-refractivity contribution in [1.29, 1.82) is 0 Å². The van der Waals surface area contributed by atoms with Gasteiger partial charge in [-0.3, -0.25) is 4.79 Å². The van der Waals surface area contributed by atoms with E-state index in [2.05, 4.69) is 12.2 Å². The number of rotatable bonds is 5. The Morgan fingerprint density at radius 3 is 2.62 bits per heavy atom. The molecule has 3 nitrogen and oxygen atoms in total. The average molecular weight is 185 g/mol. The van der Waals surface area contributed by atoms with Crippen LogP contribution in [0.3, 0.4) is 0 Å². The third-order valence-electron chi connectivity index (χ3n) is 2.75. The molecule has 1 N–H and O–H groups in total. The molecule has 0 aromatic carbocycles. The molecule has 1 aliphatic rings. The van der Waals surface area contributed by atoms with Gasteiger partial charge in [0.2, 0.25) is 5.91 Å². The molecule has 0 aromatic heterocycles. The lowest BCUT2D eigenvalue weighted by Crippen LogP contribution is -2.44. The predicted molar refractivity (Wildman–Crippen MR) is 51.5 cm³/mol. The van der Waals surface area contributed by atoms with Crippen LogP contribution < -0.4 is 5.32 Å². The fourth-order valence-corrected chi connectivity index (χ4v) is 1.64. The molecule has 3 heteroatoms. The summed E-state index contributed by atoms with van der Waals surface area (Å²) in [6.07, 6.45) is 4.77. The van der Waals surface area contributed by atoms with Crippen molar-refractivity contribution in [3.8, 4) is 0 Å². The van der Waals surface area contributed by atoms with Crippen molar-refractivity contribution in [2.24, 2.45) is 0 Å². The van der Waals surface area contributed by atoms with Gasteiger partial charge in [-0.25, -0.2) is 0 Å². The van der Waals surface area contributed by atoms with Crippen LogP contribution >= 0.6 is 0 Å². The fraction of sp³-hybridized carbons (Fsp3) is 0.900. The zero-order valence-corrected chi connectivity index (χ0v) is 8.56. The Morgan fingerprint density at radius 2 is 2.23 bits per heavy atom. The molecule has 0 spiro atoms. The quantitative estimate of drug-likeness (QED) is 0.704. The lowest BCUT2D eigenvalue weighted by Gasteiger charge is -2.39. The monoisotopic (exact) mass is 185 g/mol. The number of ether oxygens (including phenoxy) is 1. The van der Waals surface area contributed by atoms with Gasteiger partial charge in [0, 0.05) is 13.7 Å². The molecule has 1 rings (SSSR count). The van der Waals surface area contributed by atoms with Gasteiger partial charge in [0.05, 0.1) is 12.0 Å². The third kappa shape index (κ3) is 2.69. The van der Waals surface area contributed by atoms with E-state index in [-0.39, 0.29) is 11.5 Å². The van der Waals surface area contributed by atoms with Crippen LogP contribution in [0.25, 0.3) is 0 Å². The Morgan fingerprint density at radius 1 is 1.54 bits per heavy atom. The minimum Gasteiger partial charge on any atom is -0.378 e. The number of methoxy groups -OCH3 is 1. The SMILES string of the molecule is CCCNC(=O)CC1(OC)CCC1. The van der Waals surface area contributed by atoms with Crippen molar-refractivity contribution in [3.05, 3.63) is 0 Å². The molecule has 0 aliphatic heterocycles. The molecule has 76 valence electrons. The second-order valence-corrected chi connectivity index (χ2v) is 3.77. The van der Waals surface area contributed by atoms with Crippen LogP contribution in [0.15, 0.2) is 0 Å². The van der Waals surface area contributed by atoms with Gasteiger partial charge in [0.25, 0.3) is 0 Å². The van der Waals surface area contributed by atoms with E-state index in [0.29, 0.717) is 6.42 Å². The summed E-state index contributed by atoms with van der Waals surface area (Å²) in [6.45, 7) is 2.83. The predicted octanol–water partition coefficient (Wildman–Crippen LogP) is 1.47. The highest BCUT2D eigenvalue weighted by Crippen LogP contribution is 2.37. The highest BCUT2D eigenvalue weighted by Gasteiger charge is 2.38. The maximum Gasteiger partial charge on any atom is 0.222 e. The molecule has 1 fully saturated rings. The molecule has 0 heterocycles. The van der Waals surface area contributed by atoms with Crippen molar-refractivity contribution >= 4 is 5.91 Å². The molecule has 0 atom stereocenters. The highest BCUT2D eigenvalue weighted by molar-refractivity contribution is 5.77. The summed E-state index contributed by atoms with van der Waals surface area (Å²) in [5.74, 6) is 0.128. The summed E-state index contributed by atoms with van der Waals surface area (Å²) in [7, 11) is 1.70. The highest BCUT2D eigenvalue weighted by atomic mass is 16.5. The Bertz CT molecular complexity index is 170. The van der Waals surface area contributed by atoms with Gasteiger partial charge < -0.3 is 10.1 Å². The molecule has 13 heavy (non-hydrogen) atoms. The van der Waals surface area contributed by atoms with Gasteiger partial charge >= 0.3 is 0 Å². The zero-order chi connectivity index (χ0) is 9.73. The van der Waals surface area contributed by atoms with Crippen LogP contribution in [0.5, 0.6) is 0 Å². The largest absolute Gasteiger partial charge is 0.378 e. The number of hydrogen-bond acceptors (Lipinski definition) is 2. The maximum atomic E-state index is 11.4. The van der Waals surface area contributed by atoms with Gasteiger partial charge in [-0.15, -0.1) is 0 Å². The van der Waals surface area contributed by atoms with E-state index in [9.17, 15) is 4.79 Å². The van der Waals surface area contributed by atoms with Crippen molar-refractivity contribution < 1.29 is 9.53 Å². The number of carbonyl (C=O) groups excluding carboxylic acids is 1. The molecule has 0 bridgehead atoms. The van der Waals surface area contributed by atoms with E-state index in [1.165, 1.54) is 6.42 Å². The fourth-order valence-electron chi connectivity index (χ4n) is 1.64. The number of amides is 1. The smallest absolute Gasteiger partial charge is 0.222 e. The minimum atomic E-state index is -0.127. The molecule has 1 aliphatic carbocycles. The molecule has 0 aromatic rings. The van der Waals surface area contributed by atoms with Crippen molar-refractivity contribution in [1.82, 2.24) is 5.32 Å². The maximum absolute atomic E-state index is 11.4. The van der Waals surface area contributed by atoms with Crippen LogP contribution in [0, 0.1) is 0 Å². The molecular weight excluding hydrogens is 166 g/mol. The van der Waals surface area contributed by atoms with E-state index in [0.717, 1.165) is 25.8 Å². The number of carbonyl (C=O) groups is 1. The molecule has 1 saturated carbocycles. The van der Waals surface area contributed by atoms with Crippen LogP contribution in [0.1, 0.15) is 39.0 Å². The van der Waals surface area contributed by atoms with Crippen molar-refractivity contribution in [2.45, 2.75) is 44.6 Å². The summed E-state index contributed by atoms with van der Waals surface area (Å²) in [5, 5.41) is 2.87. The van der Waals surface area contributed by atoms with Gasteiger partial charge in [-0.05, 0) is 25.7 Å². The molecule has 0 saturated heterocycles. The first-order valence-corrected chi connectivity index (χ1v) is 5.04. The van der Waals surface area contributed by atoms with Gasteiger partial charge in [0.15, 0.2) is 0 Å². The van der Waals surface area contributed by atoms with Gasteiger partial charge in [0.1, 0.15) is 0 Å². The first-order valence-electron chi connectivity index (χ1n) is 5.04. The van der Waals surface area contributed by atoms with E-state index in [4.69, 9.17) is 4.74 Å². The van der Waals surface area contributed by atoms with Crippen molar-refractivity contribution in [3.63, 3.8) is 0 Å². The zero-order valence-electron chi connectivity index (χ0n) is 8.56. The van der Waals surface area contributed by atoms with E-state index in [1.54, 1.807) is 7.11 Å². The van der Waals surface area contributed by atoms with Gasteiger partial charge in [-0.2, -0.15) is 0 Å². The summed E-state index contributed by atoms with van der Waals surface area (Å²) < 4.78 is 5.36. The number of nitrogens with one attached hydrogen (secondary N) is 1. The van der Waals surface area contributed by atoms with Gasteiger partial charge in [-0.1, -0.05) is 6.92 Å². The summed E-state index contributed by atoms with van der Waals surface area (Å²) in [5.41, 5.74) is -0.127. The Kier molecular flexibility index (Phi) is 3.72. The summed E-state index contributed by atoms with van der Waals surface area (Å²) in [4.78, 5) is 11.4. The second kappa shape index (κ2) is 4.61. The standard InChI is InChI=1S/C10H19NO2/c1-3-7-11-9(12)8-10(13-2)5-4-6-10/h3-8H2,1-2H3,(H,11,12). The first kappa shape index (κ1) is 10.5. The number of hydrogen-bond donors (Lipinski definition) is 1. The molecule has 0 radical (unpaired) electrons. The Hall–Kier alpha value is -0.570. The lowest BCUT2D eigenvalue weighted by molar-refractivity contribution is -0.134. The molecular formula is C10H19NO2. The topological polar surface area (TPSA) is 38.3 Å².